The van der Waals surface area contributed by atoms with Crippen molar-refractivity contribution in [1.29, 1.82) is 0 Å². The molecular formula is C21H22Cl2N2O4. The number of hydrogen-bond acceptors (Lipinski definition) is 4. The van der Waals surface area contributed by atoms with Crippen LogP contribution in [-0.2, 0) is 4.79 Å². The van der Waals surface area contributed by atoms with E-state index in [-0.39, 0.29) is 24.5 Å². The van der Waals surface area contributed by atoms with Crippen LogP contribution in [-0.4, -0.2) is 49.6 Å². The van der Waals surface area contributed by atoms with Crippen molar-refractivity contribution in [2.75, 3.05) is 26.8 Å². The van der Waals surface area contributed by atoms with Gasteiger partial charge in [-0.05, 0) is 49.2 Å². The minimum atomic E-state index is -0.144. The fraction of sp³-hybridized carbons (Fsp3) is 0.333. The van der Waals surface area contributed by atoms with Gasteiger partial charge in [0.1, 0.15) is 11.5 Å². The molecule has 0 aliphatic carbocycles. The number of halogens is 2. The van der Waals surface area contributed by atoms with Gasteiger partial charge >= 0.3 is 0 Å². The van der Waals surface area contributed by atoms with Crippen molar-refractivity contribution in [3.8, 4) is 11.5 Å². The Balaban J connectivity index is 1.45. The van der Waals surface area contributed by atoms with Crippen LogP contribution in [0.4, 0.5) is 0 Å². The van der Waals surface area contributed by atoms with Crippen LogP contribution in [0.1, 0.15) is 23.2 Å². The Kier molecular flexibility index (Phi) is 7.23. The Morgan fingerprint density at radius 3 is 2.59 bits per heavy atom. The van der Waals surface area contributed by atoms with Gasteiger partial charge < -0.3 is 19.7 Å². The van der Waals surface area contributed by atoms with Gasteiger partial charge in [0.15, 0.2) is 6.61 Å². The molecule has 0 atom stereocenters. The zero-order valence-corrected chi connectivity index (χ0v) is 17.5. The second-order valence-corrected chi connectivity index (χ2v) is 7.57. The van der Waals surface area contributed by atoms with Crippen molar-refractivity contribution in [2.45, 2.75) is 18.9 Å². The van der Waals surface area contributed by atoms with Crippen LogP contribution < -0.4 is 14.8 Å². The lowest BCUT2D eigenvalue weighted by molar-refractivity contribution is -0.134. The Morgan fingerprint density at radius 2 is 1.90 bits per heavy atom. The first-order valence-corrected chi connectivity index (χ1v) is 10.0. The molecule has 2 aromatic rings. The number of ether oxygens (including phenoxy) is 2. The zero-order chi connectivity index (χ0) is 20.8. The van der Waals surface area contributed by atoms with Gasteiger partial charge in [-0.15, -0.1) is 0 Å². The number of benzene rings is 2. The van der Waals surface area contributed by atoms with E-state index >= 15 is 0 Å². The van der Waals surface area contributed by atoms with Crippen LogP contribution in [0.2, 0.25) is 10.0 Å². The van der Waals surface area contributed by atoms with Crippen LogP contribution in [0.5, 0.6) is 11.5 Å². The number of carbonyl (C=O) groups excluding carboxylic acids is 2. The van der Waals surface area contributed by atoms with Gasteiger partial charge in [-0.1, -0.05) is 29.3 Å². The number of piperidine rings is 1. The lowest BCUT2D eigenvalue weighted by Gasteiger charge is -2.32. The minimum absolute atomic E-state index is 0.0179. The normalized spacial score (nSPS) is 14.4. The number of nitrogens with zero attached hydrogens (tertiary/aromatic N) is 1. The zero-order valence-electron chi connectivity index (χ0n) is 16.0. The molecule has 0 spiro atoms. The van der Waals surface area contributed by atoms with E-state index in [4.69, 9.17) is 32.7 Å². The van der Waals surface area contributed by atoms with Crippen LogP contribution in [0.15, 0.2) is 42.5 Å². The summed E-state index contributed by atoms with van der Waals surface area (Å²) in [6, 6.07) is 11.9. The van der Waals surface area contributed by atoms with Crippen molar-refractivity contribution in [3.63, 3.8) is 0 Å². The molecule has 0 aromatic heterocycles. The van der Waals surface area contributed by atoms with E-state index in [2.05, 4.69) is 5.32 Å². The van der Waals surface area contributed by atoms with Crippen molar-refractivity contribution in [1.82, 2.24) is 10.2 Å². The predicted molar refractivity (Wildman–Crippen MR) is 112 cm³/mol. The van der Waals surface area contributed by atoms with Crippen molar-refractivity contribution >= 4 is 35.0 Å². The smallest absolute Gasteiger partial charge is 0.260 e. The molecule has 1 heterocycles. The maximum absolute atomic E-state index is 12.4. The van der Waals surface area contributed by atoms with E-state index in [1.807, 2.05) is 0 Å². The fourth-order valence-corrected chi connectivity index (χ4v) is 3.59. The molecule has 2 aromatic carbocycles. The number of rotatable bonds is 6. The molecule has 1 N–H and O–H groups in total. The standard InChI is InChI=1S/C21H22Cl2N2O4/c1-28-17-4-2-3-14(11-17)21(27)24-16-7-9-25(10-8-16)20(26)13-29-19-6-5-15(22)12-18(19)23/h2-6,11-12,16H,7-10,13H2,1H3,(H,24,27). The second kappa shape index (κ2) is 9.85. The first kappa shape index (κ1) is 21.3. The summed E-state index contributed by atoms with van der Waals surface area (Å²) in [6.45, 7) is 1.02. The highest BCUT2D eigenvalue weighted by molar-refractivity contribution is 6.35. The summed E-state index contributed by atoms with van der Waals surface area (Å²) in [7, 11) is 1.56. The van der Waals surface area contributed by atoms with E-state index in [0.717, 1.165) is 0 Å². The van der Waals surface area contributed by atoms with Crippen LogP contribution in [0, 0.1) is 0 Å². The molecular weight excluding hydrogens is 415 g/mol. The third kappa shape index (κ3) is 5.78. The Morgan fingerprint density at radius 1 is 1.14 bits per heavy atom. The molecule has 3 rings (SSSR count). The third-order valence-electron chi connectivity index (χ3n) is 4.76. The molecule has 8 heteroatoms. The first-order chi connectivity index (χ1) is 14.0. The molecule has 2 amide bonds. The minimum Gasteiger partial charge on any atom is -0.497 e. The Labute approximate surface area is 179 Å². The highest BCUT2D eigenvalue weighted by atomic mass is 35.5. The van der Waals surface area contributed by atoms with Gasteiger partial charge in [-0.2, -0.15) is 0 Å². The molecule has 1 aliphatic rings. The largest absolute Gasteiger partial charge is 0.497 e. The van der Waals surface area contributed by atoms with Crippen molar-refractivity contribution in [3.05, 3.63) is 58.1 Å². The third-order valence-corrected chi connectivity index (χ3v) is 5.29. The highest BCUT2D eigenvalue weighted by Gasteiger charge is 2.24. The predicted octanol–water partition coefficient (Wildman–Crippen LogP) is 3.80. The maximum Gasteiger partial charge on any atom is 0.260 e. The van der Waals surface area contributed by atoms with Gasteiger partial charge in [-0.3, -0.25) is 9.59 Å². The molecule has 0 unspecified atom stereocenters. The second-order valence-electron chi connectivity index (χ2n) is 6.72. The van der Waals surface area contributed by atoms with Gasteiger partial charge in [0, 0.05) is 29.7 Å². The first-order valence-electron chi connectivity index (χ1n) is 9.27. The molecule has 29 heavy (non-hydrogen) atoms. The van der Waals surface area contributed by atoms with Gasteiger partial charge in [-0.25, -0.2) is 0 Å². The maximum atomic E-state index is 12.4. The molecule has 0 bridgehead atoms. The average Bonchev–Trinajstić information content (AvgIpc) is 2.73. The van der Waals surface area contributed by atoms with E-state index in [0.29, 0.717) is 53.0 Å². The molecule has 154 valence electrons. The summed E-state index contributed by atoms with van der Waals surface area (Å²) in [4.78, 5) is 26.6. The number of carbonyl (C=O) groups is 2. The van der Waals surface area contributed by atoms with Gasteiger partial charge in [0.25, 0.3) is 11.8 Å². The van der Waals surface area contributed by atoms with Crippen LogP contribution in [0.3, 0.4) is 0 Å². The van der Waals surface area contributed by atoms with Crippen molar-refractivity contribution in [2.24, 2.45) is 0 Å². The fourth-order valence-electron chi connectivity index (χ4n) is 3.13. The average molecular weight is 437 g/mol. The SMILES string of the molecule is COc1cccc(C(=O)NC2CCN(C(=O)COc3ccc(Cl)cc3Cl)CC2)c1. The molecule has 1 saturated heterocycles. The molecule has 6 nitrogen and oxygen atoms in total. The molecule has 1 aliphatic heterocycles. The van der Waals surface area contributed by atoms with E-state index in [1.54, 1.807) is 54.5 Å². The van der Waals surface area contributed by atoms with E-state index < -0.39 is 0 Å². The van der Waals surface area contributed by atoms with E-state index in [9.17, 15) is 9.59 Å². The lowest BCUT2D eigenvalue weighted by atomic mass is 10.0. The number of hydrogen-bond donors (Lipinski definition) is 1. The molecule has 0 saturated carbocycles. The Bertz CT molecular complexity index is 883. The summed E-state index contributed by atoms with van der Waals surface area (Å²) >= 11 is 11.9. The summed E-state index contributed by atoms with van der Waals surface area (Å²) in [5.41, 5.74) is 0.552. The summed E-state index contributed by atoms with van der Waals surface area (Å²) in [5, 5.41) is 3.89. The summed E-state index contributed by atoms with van der Waals surface area (Å²) in [6.07, 6.45) is 1.37. The number of nitrogens with one attached hydrogen (secondary N) is 1. The van der Waals surface area contributed by atoms with Gasteiger partial charge in [0.2, 0.25) is 0 Å². The van der Waals surface area contributed by atoms with Crippen LogP contribution in [0.25, 0.3) is 0 Å². The number of amides is 2. The van der Waals surface area contributed by atoms with Gasteiger partial charge in [0.05, 0.1) is 12.1 Å². The lowest BCUT2D eigenvalue weighted by Crippen LogP contribution is -2.47. The number of methoxy groups -OCH3 is 1. The highest BCUT2D eigenvalue weighted by Crippen LogP contribution is 2.27. The number of likely N-dealkylation sites (tertiary alicyclic amines) is 1. The topological polar surface area (TPSA) is 67.9 Å². The van der Waals surface area contributed by atoms with E-state index in [1.165, 1.54) is 0 Å². The molecule has 1 fully saturated rings. The molecule has 0 radical (unpaired) electrons. The van der Waals surface area contributed by atoms with Crippen LogP contribution >= 0.6 is 23.2 Å². The summed E-state index contributed by atoms with van der Waals surface area (Å²) < 4.78 is 10.7. The van der Waals surface area contributed by atoms with Crippen molar-refractivity contribution < 1.29 is 19.1 Å². The quantitative estimate of drug-likeness (QED) is 0.747. The Hall–Kier alpha value is -2.44. The summed E-state index contributed by atoms with van der Waals surface area (Å²) in [5.74, 6) is 0.798. The monoisotopic (exact) mass is 436 g/mol.